The average molecular weight is 246 g/mol. The van der Waals surface area contributed by atoms with Gasteiger partial charge >= 0.3 is 0 Å². The number of fused-ring (bicyclic) bond motifs is 1. The number of nitrogens with zero attached hydrogens (tertiary/aromatic N) is 1. The van der Waals surface area contributed by atoms with Gasteiger partial charge in [0.1, 0.15) is 5.03 Å². The molecule has 0 fully saturated rings. The summed E-state index contributed by atoms with van der Waals surface area (Å²) in [6.45, 7) is 3.93. The Morgan fingerprint density at radius 3 is 2.82 bits per heavy atom. The molecule has 88 valence electrons. The van der Waals surface area contributed by atoms with Crippen LogP contribution in [0.3, 0.4) is 0 Å². The zero-order chi connectivity index (χ0) is 12.4. The van der Waals surface area contributed by atoms with Crippen molar-refractivity contribution in [3.8, 4) is 0 Å². The van der Waals surface area contributed by atoms with Gasteiger partial charge in [0.25, 0.3) is 0 Å². The molecule has 1 aromatic carbocycles. The maximum absolute atomic E-state index is 10.5. The Kier molecular flexibility index (Phi) is 3.33. The fraction of sp³-hybridized carbons (Fsp3) is 0.231. The van der Waals surface area contributed by atoms with Gasteiger partial charge in [-0.1, -0.05) is 18.2 Å². The topological polar surface area (TPSA) is 53.0 Å². The minimum absolute atomic E-state index is 0.0643. The summed E-state index contributed by atoms with van der Waals surface area (Å²) >= 11 is 1.21. The molecule has 17 heavy (non-hydrogen) atoms. The Bertz CT molecular complexity index is 581. The Morgan fingerprint density at radius 1 is 1.35 bits per heavy atom. The molecule has 2 rings (SSSR count). The first kappa shape index (κ1) is 11.9. The van der Waals surface area contributed by atoms with Crippen LogP contribution in [-0.4, -0.2) is 16.7 Å². The molecule has 0 saturated heterocycles. The number of benzene rings is 1. The second-order valence-electron chi connectivity index (χ2n) is 3.92. The molecule has 0 spiro atoms. The minimum Gasteiger partial charge on any atom is -0.549 e. The Labute approximate surface area is 104 Å². The lowest BCUT2D eigenvalue weighted by molar-refractivity contribution is -0.301. The number of aryl methyl sites for hydroxylation is 2. The van der Waals surface area contributed by atoms with Crippen molar-refractivity contribution in [2.24, 2.45) is 0 Å². The van der Waals surface area contributed by atoms with Crippen molar-refractivity contribution < 1.29 is 9.90 Å². The number of hydrogen-bond donors (Lipinski definition) is 0. The van der Waals surface area contributed by atoms with Crippen LogP contribution in [0.5, 0.6) is 0 Å². The highest BCUT2D eigenvalue weighted by atomic mass is 32.2. The van der Waals surface area contributed by atoms with Crippen LogP contribution in [0, 0.1) is 13.8 Å². The van der Waals surface area contributed by atoms with E-state index in [4.69, 9.17) is 0 Å². The number of carbonyl (C=O) groups excluding carboxylic acids is 1. The molecule has 0 aliphatic heterocycles. The van der Waals surface area contributed by atoms with Crippen molar-refractivity contribution in [3.05, 3.63) is 35.4 Å². The van der Waals surface area contributed by atoms with Gasteiger partial charge in [-0.25, -0.2) is 4.98 Å². The number of aromatic nitrogens is 1. The molecular weight excluding hydrogens is 234 g/mol. The Hall–Kier alpha value is -1.55. The average Bonchev–Trinajstić information content (AvgIpc) is 2.27. The van der Waals surface area contributed by atoms with Crippen LogP contribution in [-0.2, 0) is 4.79 Å². The monoisotopic (exact) mass is 246 g/mol. The molecule has 0 N–H and O–H groups in total. The summed E-state index contributed by atoms with van der Waals surface area (Å²) in [5.41, 5.74) is 3.02. The number of thioether (sulfide) groups is 1. The molecular formula is C13H12NO2S-. The lowest BCUT2D eigenvalue weighted by Gasteiger charge is -2.08. The summed E-state index contributed by atoms with van der Waals surface area (Å²) < 4.78 is 0. The molecule has 0 aliphatic rings. The van der Waals surface area contributed by atoms with Crippen LogP contribution in [0.1, 0.15) is 11.1 Å². The standard InChI is InChI=1S/C13H13NO2S/c1-8-4-3-5-10-6-9(2)13(14-12(8)10)17-7-11(15)16/h3-6H,7H2,1-2H3,(H,15,16)/p-1. The predicted molar refractivity (Wildman–Crippen MR) is 66.9 cm³/mol. The van der Waals surface area contributed by atoms with Crippen LogP contribution >= 0.6 is 11.8 Å². The van der Waals surface area contributed by atoms with Crippen molar-refractivity contribution >= 4 is 28.6 Å². The summed E-state index contributed by atoms with van der Waals surface area (Å²) in [6.07, 6.45) is 0. The minimum atomic E-state index is -1.07. The molecule has 0 amide bonds. The van der Waals surface area contributed by atoms with Gasteiger partial charge in [0.15, 0.2) is 0 Å². The summed E-state index contributed by atoms with van der Waals surface area (Å²) in [6, 6.07) is 8.03. The largest absolute Gasteiger partial charge is 0.549 e. The van der Waals surface area contributed by atoms with Crippen LogP contribution in [0.15, 0.2) is 29.3 Å². The van der Waals surface area contributed by atoms with Gasteiger partial charge in [-0.05, 0) is 31.0 Å². The second kappa shape index (κ2) is 4.75. The van der Waals surface area contributed by atoms with Crippen molar-refractivity contribution in [3.63, 3.8) is 0 Å². The van der Waals surface area contributed by atoms with E-state index in [0.717, 1.165) is 27.1 Å². The first-order chi connectivity index (χ1) is 8.08. The smallest absolute Gasteiger partial charge is 0.100 e. The maximum atomic E-state index is 10.5. The van der Waals surface area contributed by atoms with E-state index >= 15 is 0 Å². The lowest BCUT2D eigenvalue weighted by atomic mass is 10.1. The number of carbonyl (C=O) groups is 1. The molecule has 2 aromatic rings. The van der Waals surface area contributed by atoms with Gasteiger partial charge in [0.05, 0.1) is 11.5 Å². The van der Waals surface area contributed by atoms with Crippen LogP contribution in [0.25, 0.3) is 10.9 Å². The van der Waals surface area contributed by atoms with Crippen molar-refractivity contribution in [2.75, 3.05) is 5.75 Å². The lowest BCUT2D eigenvalue weighted by Crippen LogP contribution is -2.24. The van der Waals surface area contributed by atoms with Gasteiger partial charge in [-0.2, -0.15) is 0 Å². The van der Waals surface area contributed by atoms with Gasteiger partial charge < -0.3 is 9.90 Å². The van der Waals surface area contributed by atoms with Crippen molar-refractivity contribution in [1.82, 2.24) is 4.98 Å². The predicted octanol–water partition coefficient (Wildman–Crippen LogP) is 1.69. The summed E-state index contributed by atoms with van der Waals surface area (Å²) in [5, 5.41) is 12.3. The molecule has 1 aromatic heterocycles. The van der Waals surface area contributed by atoms with Crippen molar-refractivity contribution in [1.29, 1.82) is 0 Å². The zero-order valence-electron chi connectivity index (χ0n) is 9.69. The maximum Gasteiger partial charge on any atom is 0.100 e. The molecule has 0 unspecified atom stereocenters. The summed E-state index contributed by atoms with van der Waals surface area (Å²) in [7, 11) is 0. The van der Waals surface area contributed by atoms with E-state index < -0.39 is 5.97 Å². The Morgan fingerprint density at radius 2 is 2.12 bits per heavy atom. The summed E-state index contributed by atoms with van der Waals surface area (Å²) in [4.78, 5) is 15.0. The third-order valence-corrected chi connectivity index (χ3v) is 3.59. The van der Waals surface area contributed by atoms with E-state index in [0.29, 0.717) is 0 Å². The van der Waals surface area contributed by atoms with E-state index in [1.165, 1.54) is 11.8 Å². The summed E-state index contributed by atoms with van der Waals surface area (Å²) in [5.74, 6) is -1.13. The van der Waals surface area contributed by atoms with E-state index in [-0.39, 0.29) is 5.75 Å². The van der Waals surface area contributed by atoms with E-state index in [1.807, 2.05) is 38.1 Å². The third kappa shape index (κ3) is 2.58. The molecule has 0 bridgehead atoms. The number of carboxylic acids is 1. The van der Waals surface area contributed by atoms with Crippen molar-refractivity contribution in [2.45, 2.75) is 18.9 Å². The molecule has 4 heteroatoms. The highest BCUT2D eigenvalue weighted by Gasteiger charge is 2.05. The number of para-hydroxylation sites is 1. The third-order valence-electron chi connectivity index (χ3n) is 2.52. The highest BCUT2D eigenvalue weighted by Crippen LogP contribution is 2.25. The number of carboxylic acid groups (broad SMARTS) is 1. The fourth-order valence-corrected chi connectivity index (χ4v) is 2.41. The van der Waals surface area contributed by atoms with Crippen LogP contribution in [0.2, 0.25) is 0 Å². The normalized spacial score (nSPS) is 10.7. The molecule has 1 heterocycles. The number of pyridine rings is 1. The molecule has 3 nitrogen and oxygen atoms in total. The number of aliphatic carboxylic acids is 1. The van der Waals surface area contributed by atoms with Crippen LogP contribution in [0.4, 0.5) is 0 Å². The van der Waals surface area contributed by atoms with E-state index in [2.05, 4.69) is 4.98 Å². The number of hydrogen-bond acceptors (Lipinski definition) is 4. The highest BCUT2D eigenvalue weighted by molar-refractivity contribution is 7.99. The molecule has 0 atom stereocenters. The van der Waals surface area contributed by atoms with Gasteiger partial charge in [0, 0.05) is 11.1 Å². The first-order valence-electron chi connectivity index (χ1n) is 5.27. The van der Waals surface area contributed by atoms with Gasteiger partial charge in [-0.3, -0.25) is 0 Å². The fourth-order valence-electron chi connectivity index (χ4n) is 1.71. The quantitative estimate of drug-likeness (QED) is 0.773. The Balaban J connectivity index is 2.46. The SMILES string of the molecule is Cc1cc2cccc(C)c2nc1SCC(=O)[O-]. The number of rotatable bonds is 3. The first-order valence-corrected chi connectivity index (χ1v) is 6.26. The second-order valence-corrected chi connectivity index (χ2v) is 4.88. The van der Waals surface area contributed by atoms with Gasteiger partial charge in [-0.15, -0.1) is 11.8 Å². The van der Waals surface area contributed by atoms with E-state index in [1.54, 1.807) is 0 Å². The molecule has 0 saturated carbocycles. The zero-order valence-corrected chi connectivity index (χ0v) is 10.5. The van der Waals surface area contributed by atoms with Gasteiger partial charge in [0.2, 0.25) is 0 Å². The van der Waals surface area contributed by atoms with E-state index in [9.17, 15) is 9.90 Å². The van der Waals surface area contributed by atoms with Crippen LogP contribution < -0.4 is 5.11 Å². The molecule has 0 radical (unpaired) electrons. The molecule has 0 aliphatic carbocycles.